The summed E-state index contributed by atoms with van der Waals surface area (Å²) in [6, 6.07) is 21.5. The molecule has 3 aromatic rings. The molecule has 0 unspecified atom stereocenters. The molecular formula is C25H23N5O6. The van der Waals surface area contributed by atoms with E-state index in [1.807, 2.05) is 30.3 Å². The molecule has 0 saturated carbocycles. The van der Waals surface area contributed by atoms with Gasteiger partial charge in [-0.15, -0.1) is 0 Å². The molecule has 36 heavy (non-hydrogen) atoms. The highest BCUT2D eigenvalue weighted by atomic mass is 16.6. The van der Waals surface area contributed by atoms with Gasteiger partial charge in [-0.1, -0.05) is 30.3 Å². The van der Waals surface area contributed by atoms with Crippen LogP contribution in [0, 0.1) is 10.1 Å². The summed E-state index contributed by atoms with van der Waals surface area (Å²) in [7, 11) is 0. The highest BCUT2D eigenvalue weighted by Crippen LogP contribution is 2.15. The number of benzene rings is 3. The first-order valence-corrected chi connectivity index (χ1v) is 10.8. The van der Waals surface area contributed by atoms with Crippen LogP contribution in [0.2, 0.25) is 0 Å². The number of carbonyl (C=O) groups excluding carboxylic acids is 3. The largest absolute Gasteiger partial charge is 0.484 e. The summed E-state index contributed by atoms with van der Waals surface area (Å²) in [6.07, 6.45) is 2.06. The molecule has 0 heterocycles. The number of carbonyl (C=O) groups is 3. The van der Waals surface area contributed by atoms with Gasteiger partial charge in [-0.05, 0) is 53.9 Å². The van der Waals surface area contributed by atoms with Gasteiger partial charge in [0.15, 0.2) is 6.61 Å². The van der Waals surface area contributed by atoms with Crippen molar-refractivity contribution in [3.05, 3.63) is 100 Å². The van der Waals surface area contributed by atoms with Crippen molar-refractivity contribution in [2.45, 2.75) is 6.42 Å². The molecule has 11 heteroatoms. The van der Waals surface area contributed by atoms with Gasteiger partial charge in [0.05, 0.1) is 11.1 Å². The zero-order chi connectivity index (χ0) is 25.8. The maximum absolute atomic E-state index is 11.9. The third-order valence-electron chi connectivity index (χ3n) is 4.75. The predicted octanol–water partition coefficient (Wildman–Crippen LogP) is 2.42. The number of hydrogen-bond donors (Lipinski definition) is 3. The second-order valence-electron chi connectivity index (χ2n) is 7.40. The number of nitro benzene ring substituents is 1. The molecule has 3 aromatic carbocycles. The van der Waals surface area contributed by atoms with Gasteiger partial charge in [0.1, 0.15) is 5.75 Å². The Labute approximate surface area is 206 Å². The topological polar surface area (TPSA) is 152 Å². The van der Waals surface area contributed by atoms with Crippen molar-refractivity contribution < 1.29 is 24.0 Å². The van der Waals surface area contributed by atoms with Crippen LogP contribution in [0.3, 0.4) is 0 Å². The molecule has 11 nitrogen and oxygen atoms in total. The Kier molecular flexibility index (Phi) is 9.22. The number of amides is 3. The fourth-order valence-corrected chi connectivity index (χ4v) is 2.91. The van der Waals surface area contributed by atoms with Gasteiger partial charge in [-0.25, -0.2) is 5.43 Å². The molecule has 0 atom stereocenters. The minimum atomic E-state index is -1.01. The lowest BCUT2D eigenvalue weighted by atomic mass is 10.1. The molecule has 0 aliphatic heterocycles. The normalized spacial score (nSPS) is 10.4. The molecule has 0 saturated heterocycles. The maximum atomic E-state index is 11.9. The fourth-order valence-electron chi connectivity index (χ4n) is 2.91. The number of hydrogen-bond acceptors (Lipinski definition) is 7. The summed E-state index contributed by atoms with van der Waals surface area (Å²) in [4.78, 5) is 45.8. The molecule has 0 fully saturated rings. The number of nitrogens with zero attached hydrogens (tertiary/aromatic N) is 2. The molecule has 0 aliphatic rings. The van der Waals surface area contributed by atoms with Gasteiger partial charge < -0.3 is 15.4 Å². The molecule has 0 aliphatic carbocycles. The van der Waals surface area contributed by atoms with E-state index in [1.165, 1.54) is 30.5 Å². The van der Waals surface area contributed by atoms with E-state index in [0.717, 1.165) is 12.0 Å². The van der Waals surface area contributed by atoms with E-state index in [-0.39, 0.29) is 23.9 Å². The number of non-ortho nitro benzene ring substituents is 1. The van der Waals surface area contributed by atoms with Crippen molar-refractivity contribution in [1.29, 1.82) is 0 Å². The van der Waals surface area contributed by atoms with E-state index in [2.05, 4.69) is 21.2 Å². The first-order valence-electron chi connectivity index (χ1n) is 10.8. The van der Waals surface area contributed by atoms with Gasteiger partial charge >= 0.3 is 11.8 Å². The van der Waals surface area contributed by atoms with Crippen LogP contribution in [0.25, 0.3) is 0 Å². The third kappa shape index (κ3) is 8.37. The van der Waals surface area contributed by atoms with Crippen molar-refractivity contribution in [2.75, 3.05) is 18.5 Å². The first kappa shape index (κ1) is 25.6. The molecule has 0 bridgehead atoms. The van der Waals surface area contributed by atoms with Crippen LogP contribution in [0.15, 0.2) is 84.0 Å². The number of nitrogens with one attached hydrogen (secondary N) is 3. The predicted molar refractivity (Wildman–Crippen MR) is 133 cm³/mol. The Hall–Kier alpha value is -5.06. The Bertz CT molecular complexity index is 1230. The summed E-state index contributed by atoms with van der Waals surface area (Å²) in [5, 5.41) is 19.5. The quantitative estimate of drug-likeness (QED) is 0.172. The second-order valence-corrected chi connectivity index (χ2v) is 7.40. The number of anilines is 1. The van der Waals surface area contributed by atoms with Gasteiger partial charge in [0, 0.05) is 24.4 Å². The zero-order valence-electron chi connectivity index (χ0n) is 19.0. The van der Waals surface area contributed by atoms with Crippen molar-refractivity contribution >= 4 is 35.3 Å². The Morgan fingerprint density at radius 1 is 0.917 bits per heavy atom. The van der Waals surface area contributed by atoms with Crippen LogP contribution >= 0.6 is 0 Å². The van der Waals surface area contributed by atoms with Crippen LogP contribution in [0.4, 0.5) is 11.4 Å². The highest BCUT2D eigenvalue weighted by Gasteiger charge is 2.13. The summed E-state index contributed by atoms with van der Waals surface area (Å²) in [5.74, 6) is -1.74. The maximum Gasteiger partial charge on any atom is 0.329 e. The molecule has 0 aromatic heterocycles. The van der Waals surface area contributed by atoms with Crippen LogP contribution in [0.1, 0.15) is 11.1 Å². The van der Waals surface area contributed by atoms with Crippen LogP contribution in [-0.2, 0) is 20.8 Å². The summed E-state index contributed by atoms with van der Waals surface area (Å²) in [5.41, 5.74) is 3.93. The third-order valence-corrected chi connectivity index (χ3v) is 4.75. The van der Waals surface area contributed by atoms with E-state index in [9.17, 15) is 24.5 Å². The standard InChI is InChI=1S/C25H23N5O6/c31-23(26-15-14-18-4-2-1-3-5-18)17-36-22-12-6-19(7-13-22)16-27-29-25(33)24(32)28-20-8-10-21(11-9-20)30(34)35/h1-13,16H,14-15,17H2,(H,26,31)(H,28,32)(H,29,33)/b27-16-. The Morgan fingerprint density at radius 3 is 2.28 bits per heavy atom. The average Bonchev–Trinajstić information content (AvgIpc) is 2.89. The minimum absolute atomic E-state index is 0.123. The number of rotatable bonds is 10. The van der Waals surface area contributed by atoms with Crippen molar-refractivity contribution in [3.8, 4) is 5.75 Å². The van der Waals surface area contributed by atoms with E-state index in [4.69, 9.17) is 4.74 Å². The van der Waals surface area contributed by atoms with Gasteiger partial charge in [-0.3, -0.25) is 24.5 Å². The Balaban J connectivity index is 1.37. The lowest BCUT2D eigenvalue weighted by molar-refractivity contribution is -0.384. The van der Waals surface area contributed by atoms with Crippen molar-refractivity contribution in [3.63, 3.8) is 0 Å². The van der Waals surface area contributed by atoms with E-state index < -0.39 is 16.7 Å². The van der Waals surface area contributed by atoms with E-state index >= 15 is 0 Å². The summed E-state index contributed by atoms with van der Waals surface area (Å²) >= 11 is 0. The van der Waals surface area contributed by atoms with E-state index in [1.54, 1.807) is 24.3 Å². The van der Waals surface area contributed by atoms with Gasteiger partial charge in [-0.2, -0.15) is 5.10 Å². The number of ether oxygens (including phenoxy) is 1. The average molecular weight is 489 g/mol. The molecule has 0 radical (unpaired) electrons. The fraction of sp³-hybridized carbons (Fsp3) is 0.120. The first-order chi connectivity index (χ1) is 17.4. The van der Waals surface area contributed by atoms with Crippen LogP contribution in [-0.4, -0.2) is 42.0 Å². The smallest absolute Gasteiger partial charge is 0.329 e. The van der Waals surface area contributed by atoms with Crippen molar-refractivity contribution in [1.82, 2.24) is 10.7 Å². The van der Waals surface area contributed by atoms with Gasteiger partial charge in [0.25, 0.3) is 11.6 Å². The van der Waals surface area contributed by atoms with Crippen LogP contribution in [0.5, 0.6) is 5.75 Å². The molecule has 3 rings (SSSR count). The Morgan fingerprint density at radius 2 is 1.61 bits per heavy atom. The highest BCUT2D eigenvalue weighted by molar-refractivity contribution is 6.39. The molecule has 184 valence electrons. The molecule has 3 N–H and O–H groups in total. The number of nitro groups is 1. The SMILES string of the molecule is O=C(COc1ccc(/C=N\NC(=O)C(=O)Nc2ccc([N+](=O)[O-])cc2)cc1)NCCc1ccccc1. The second kappa shape index (κ2) is 13.0. The summed E-state index contributed by atoms with van der Waals surface area (Å²) in [6.45, 7) is 0.390. The molecule has 3 amide bonds. The summed E-state index contributed by atoms with van der Waals surface area (Å²) < 4.78 is 5.46. The van der Waals surface area contributed by atoms with Crippen LogP contribution < -0.4 is 20.8 Å². The van der Waals surface area contributed by atoms with E-state index in [0.29, 0.717) is 17.9 Å². The minimum Gasteiger partial charge on any atom is -0.484 e. The lowest BCUT2D eigenvalue weighted by Crippen LogP contribution is -2.32. The molecule has 0 spiro atoms. The van der Waals surface area contributed by atoms with Gasteiger partial charge in [0.2, 0.25) is 0 Å². The van der Waals surface area contributed by atoms with Crippen molar-refractivity contribution in [2.24, 2.45) is 5.10 Å². The number of hydrazone groups is 1. The molecular weight excluding hydrogens is 466 g/mol. The zero-order valence-corrected chi connectivity index (χ0v) is 19.0. The monoisotopic (exact) mass is 489 g/mol. The lowest BCUT2D eigenvalue weighted by Gasteiger charge is -2.08.